The van der Waals surface area contributed by atoms with Gasteiger partial charge in [-0.3, -0.25) is 14.6 Å². The largest absolute Gasteiger partial charge is 0.493 e. The summed E-state index contributed by atoms with van der Waals surface area (Å²) in [5, 5.41) is 5.59. The third-order valence-corrected chi connectivity index (χ3v) is 6.32. The maximum atomic E-state index is 13.3. The number of carbonyl (C=O) groups excluding carboxylic acids is 1. The lowest BCUT2D eigenvalue weighted by Crippen LogP contribution is -2.61. The Bertz CT molecular complexity index is 1280. The van der Waals surface area contributed by atoms with E-state index < -0.39 is 6.17 Å². The molecule has 0 spiro atoms. The van der Waals surface area contributed by atoms with E-state index in [4.69, 9.17) is 26.2 Å². The summed E-state index contributed by atoms with van der Waals surface area (Å²) in [6.07, 6.45) is -0.566. The number of amides is 1. The highest BCUT2D eigenvalue weighted by Gasteiger charge is 2.47. The Morgan fingerprint density at radius 1 is 1.24 bits per heavy atom. The molecule has 0 saturated heterocycles. The van der Waals surface area contributed by atoms with Gasteiger partial charge in [0.15, 0.2) is 11.5 Å². The fourth-order valence-electron chi connectivity index (χ4n) is 4.05. The Kier molecular flexibility index (Phi) is 6.62. The van der Waals surface area contributed by atoms with Crippen molar-refractivity contribution in [3.8, 4) is 22.8 Å². The minimum absolute atomic E-state index is 0.140. The highest BCUT2D eigenvalue weighted by Crippen LogP contribution is 2.43. The van der Waals surface area contributed by atoms with Gasteiger partial charge in [-0.1, -0.05) is 49.3 Å². The molecule has 2 aromatic carbocycles. The van der Waals surface area contributed by atoms with Gasteiger partial charge < -0.3 is 9.47 Å². The molecule has 0 unspecified atom stereocenters. The zero-order valence-corrected chi connectivity index (χ0v) is 20.3. The fourth-order valence-corrected chi connectivity index (χ4v) is 4.85. The third kappa shape index (κ3) is 3.95. The molecule has 172 valence electrons. The maximum absolute atomic E-state index is 13.3. The summed E-state index contributed by atoms with van der Waals surface area (Å²) in [6.45, 7) is 3.76. The second-order valence-electron chi connectivity index (χ2n) is 7.22. The van der Waals surface area contributed by atoms with Crippen LogP contribution in [0.5, 0.6) is 11.5 Å². The number of hydrogen-bond donors (Lipinski definition) is 1. The molecule has 0 fully saturated rings. The number of carbonyl (C=O) groups is 1. The van der Waals surface area contributed by atoms with Crippen LogP contribution in [0.25, 0.3) is 11.3 Å². The van der Waals surface area contributed by atoms with Crippen molar-refractivity contribution in [2.24, 2.45) is 0 Å². The van der Waals surface area contributed by atoms with Crippen LogP contribution in [0.1, 0.15) is 32.0 Å². The molecule has 3 aromatic rings. The van der Waals surface area contributed by atoms with Crippen molar-refractivity contribution in [3.05, 3.63) is 57.3 Å². The first-order valence-electron chi connectivity index (χ1n) is 10.5. The standard InChI is InChI=1S/C23H23ClN4O4S/c1-5-18(29)27-16-10-8-7-9-14(16)19-21(30)25-23(33-6-2)26-28(19)22(27)15-11-13(24)12-17(31-3)20(15)32-4/h7-12,22H,5-6H2,1-4H3/p+1/t22-/m0/s1. The molecular weight excluding hydrogens is 464 g/mol. The molecule has 4 rings (SSSR count). The first-order chi connectivity index (χ1) is 15.9. The summed E-state index contributed by atoms with van der Waals surface area (Å²) in [5.74, 6) is 1.40. The second-order valence-corrected chi connectivity index (χ2v) is 8.91. The van der Waals surface area contributed by atoms with Crippen molar-refractivity contribution in [2.45, 2.75) is 31.6 Å². The first-order valence-corrected chi connectivity index (χ1v) is 11.8. The minimum atomic E-state index is -0.816. The average Bonchev–Trinajstić information content (AvgIpc) is 2.81. The van der Waals surface area contributed by atoms with Crippen LogP contribution in [0.4, 0.5) is 5.69 Å². The Balaban J connectivity index is 2.13. The Labute approximate surface area is 200 Å². The number of anilines is 1. The van der Waals surface area contributed by atoms with E-state index in [0.717, 1.165) is 5.75 Å². The number of H-pyrrole nitrogens is 1. The summed E-state index contributed by atoms with van der Waals surface area (Å²) < 4.78 is 12.8. The lowest BCUT2D eigenvalue weighted by molar-refractivity contribution is -0.763. The highest BCUT2D eigenvalue weighted by molar-refractivity contribution is 7.99. The van der Waals surface area contributed by atoms with Crippen molar-refractivity contribution < 1.29 is 19.0 Å². The van der Waals surface area contributed by atoms with Crippen LogP contribution in [0.3, 0.4) is 0 Å². The van der Waals surface area contributed by atoms with Crippen LogP contribution < -0.4 is 24.6 Å². The summed E-state index contributed by atoms with van der Waals surface area (Å²) in [5.41, 5.74) is 1.82. The zero-order chi connectivity index (χ0) is 23.7. The van der Waals surface area contributed by atoms with E-state index in [0.29, 0.717) is 44.2 Å². The molecule has 33 heavy (non-hydrogen) atoms. The van der Waals surface area contributed by atoms with Crippen molar-refractivity contribution in [2.75, 3.05) is 24.9 Å². The van der Waals surface area contributed by atoms with Crippen LogP contribution in [0.2, 0.25) is 5.02 Å². The molecule has 0 aliphatic carbocycles. The summed E-state index contributed by atoms with van der Waals surface area (Å²) in [7, 11) is 3.04. The molecule has 1 aromatic heterocycles. The Morgan fingerprint density at radius 3 is 2.67 bits per heavy atom. The van der Waals surface area contributed by atoms with Crippen molar-refractivity contribution >= 4 is 35.0 Å². The van der Waals surface area contributed by atoms with E-state index in [2.05, 4.69) is 4.98 Å². The van der Waals surface area contributed by atoms with Gasteiger partial charge in [0.1, 0.15) is 0 Å². The summed E-state index contributed by atoms with van der Waals surface area (Å²) in [6, 6.07) is 10.6. The number of fused-ring (bicyclic) bond motifs is 3. The van der Waals surface area contributed by atoms with E-state index in [-0.39, 0.29) is 17.9 Å². The Morgan fingerprint density at radius 2 is 2.00 bits per heavy atom. The van der Waals surface area contributed by atoms with Crippen LogP contribution >= 0.6 is 23.4 Å². The van der Waals surface area contributed by atoms with Gasteiger partial charge in [-0.15, -0.1) is 0 Å². The molecule has 1 amide bonds. The number of methoxy groups -OCH3 is 2. The first kappa shape index (κ1) is 23.1. The molecule has 8 nitrogen and oxygen atoms in total. The van der Waals surface area contributed by atoms with Crippen molar-refractivity contribution in [1.82, 2.24) is 10.1 Å². The van der Waals surface area contributed by atoms with Crippen LogP contribution in [-0.4, -0.2) is 36.0 Å². The van der Waals surface area contributed by atoms with Crippen molar-refractivity contribution in [1.29, 1.82) is 0 Å². The second kappa shape index (κ2) is 9.44. The zero-order valence-electron chi connectivity index (χ0n) is 18.7. The number of hydrogen-bond acceptors (Lipinski definition) is 6. The molecule has 10 heteroatoms. The average molecular weight is 488 g/mol. The number of ether oxygens (including phenoxy) is 2. The van der Waals surface area contributed by atoms with E-state index >= 15 is 0 Å². The topological polar surface area (TPSA) is 88.4 Å². The molecule has 2 heterocycles. The smallest absolute Gasteiger partial charge is 0.325 e. The molecule has 1 aliphatic rings. The molecule has 1 atom stereocenters. The monoisotopic (exact) mass is 487 g/mol. The van der Waals surface area contributed by atoms with Gasteiger partial charge in [-0.25, -0.2) is 4.90 Å². The van der Waals surface area contributed by atoms with Gasteiger partial charge in [0.25, 0.3) is 6.17 Å². The van der Waals surface area contributed by atoms with Gasteiger partial charge in [0, 0.05) is 22.6 Å². The summed E-state index contributed by atoms with van der Waals surface area (Å²) >= 11 is 7.84. The highest BCUT2D eigenvalue weighted by atomic mass is 35.5. The summed E-state index contributed by atoms with van der Waals surface area (Å²) in [4.78, 5) is 31.1. The lowest BCUT2D eigenvalue weighted by Gasteiger charge is -2.32. The third-order valence-electron chi connectivity index (χ3n) is 5.36. The SMILES string of the molecule is CCSc1n[n+]2c(c(=O)[nH]1)-c1ccccc1N(C(=O)CC)[C@@H]2c1cc(Cl)cc(OC)c1OC. The molecule has 1 aliphatic heterocycles. The predicted octanol–water partition coefficient (Wildman–Crippen LogP) is 3.81. The number of para-hydroxylation sites is 1. The number of nitrogens with zero attached hydrogens (tertiary/aromatic N) is 3. The van der Waals surface area contributed by atoms with Gasteiger partial charge >= 0.3 is 11.3 Å². The predicted molar refractivity (Wildman–Crippen MR) is 127 cm³/mol. The van der Waals surface area contributed by atoms with E-state index in [1.54, 1.807) is 28.6 Å². The maximum Gasteiger partial charge on any atom is 0.325 e. The number of thioether (sulfide) groups is 1. The van der Waals surface area contributed by atoms with E-state index in [1.807, 2.05) is 31.2 Å². The van der Waals surface area contributed by atoms with E-state index in [9.17, 15) is 9.59 Å². The fraction of sp³-hybridized carbons (Fsp3) is 0.304. The van der Waals surface area contributed by atoms with Crippen LogP contribution in [0, 0.1) is 0 Å². The molecule has 0 radical (unpaired) electrons. The molecule has 0 saturated carbocycles. The lowest BCUT2D eigenvalue weighted by atomic mass is 10.00. The van der Waals surface area contributed by atoms with Crippen LogP contribution in [-0.2, 0) is 4.79 Å². The molecule has 1 N–H and O–H groups in total. The van der Waals surface area contributed by atoms with Gasteiger partial charge in [-0.2, -0.15) is 0 Å². The van der Waals surface area contributed by atoms with E-state index in [1.165, 1.54) is 26.0 Å². The number of halogens is 1. The number of aromatic amines is 1. The van der Waals surface area contributed by atoms with Crippen molar-refractivity contribution in [3.63, 3.8) is 0 Å². The normalized spacial score (nSPS) is 14.5. The number of benzene rings is 2. The number of rotatable bonds is 6. The van der Waals surface area contributed by atoms with Gasteiger partial charge in [-0.05, 0) is 28.6 Å². The molecular formula is C23H24ClN4O4S+. The quantitative estimate of drug-likeness (QED) is 0.420. The van der Waals surface area contributed by atoms with Gasteiger partial charge in [0.05, 0.1) is 31.0 Å². The van der Waals surface area contributed by atoms with Gasteiger partial charge in [0.2, 0.25) is 11.1 Å². The number of nitrogens with one attached hydrogen (secondary N) is 1. The minimum Gasteiger partial charge on any atom is -0.493 e. The number of aromatic nitrogens is 3. The van der Waals surface area contributed by atoms with Crippen LogP contribution in [0.15, 0.2) is 46.3 Å². The Hall–Kier alpha value is -3.04. The molecule has 0 bridgehead atoms.